The van der Waals surface area contributed by atoms with Crippen LogP contribution in [-0.4, -0.2) is 24.6 Å². The molecule has 0 unspecified atom stereocenters. The fourth-order valence-corrected chi connectivity index (χ4v) is 0.962. The molecule has 0 aliphatic heterocycles. The highest BCUT2D eigenvalue weighted by molar-refractivity contribution is 7.99. The number of carbonyl (C=O) groups excluding carboxylic acids is 1. The Kier molecular flexibility index (Phi) is 6.10. The van der Waals surface area contributed by atoms with Crippen molar-refractivity contribution >= 4 is 17.7 Å². The van der Waals surface area contributed by atoms with Crippen LogP contribution in [0.5, 0.6) is 0 Å². The highest BCUT2D eigenvalue weighted by Gasteiger charge is 1.97. The molecule has 2 nitrogen and oxygen atoms in total. The second kappa shape index (κ2) is 6.50. The molecule has 3 heteroatoms. The minimum absolute atomic E-state index is 0.176. The van der Waals surface area contributed by atoms with Gasteiger partial charge in [-0.25, -0.2) is 0 Å². The van der Waals surface area contributed by atoms with E-state index in [0.29, 0.717) is 12.2 Å². The number of carbonyl (C=O) groups is 1. The molecule has 0 heterocycles. The zero-order valence-electron chi connectivity index (χ0n) is 5.92. The summed E-state index contributed by atoms with van der Waals surface area (Å²) < 4.78 is 4.43. The maximum atomic E-state index is 10.5. The van der Waals surface area contributed by atoms with E-state index in [4.69, 9.17) is 6.42 Å². The fourth-order valence-electron chi connectivity index (χ4n) is 0.389. The smallest absolute Gasteiger partial charge is 0.306 e. The van der Waals surface area contributed by atoms with Crippen LogP contribution in [0, 0.1) is 12.3 Å². The zero-order valence-corrected chi connectivity index (χ0v) is 6.74. The first-order chi connectivity index (χ1) is 4.81. The molecule has 0 aliphatic carbocycles. The average Bonchev–Trinajstić information content (AvgIpc) is 1.98. The monoisotopic (exact) mass is 158 g/mol. The van der Waals surface area contributed by atoms with Gasteiger partial charge in [0.05, 0.1) is 19.3 Å². The molecule has 0 rings (SSSR count). The molecule has 0 spiro atoms. The van der Waals surface area contributed by atoms with Crippen LogP contribution in [0.1, 0.15) is 6.42 Å². The quantitative estimate of drug-likeness (QED) is 0.345. The molecule has 0 saturated heterocycles. The minimum atomic E-state index is -0.176. The van der Waals surface area contributed by atoms with E-state index < -0.39 is 0 Å². The largest absolute Gasteiger partial charge is 0.469 e. The number of methoxy groups -OCH3 is 1. The van der Waals surface area contributed by atoms with Crippen LogP contribution in [-0.2, 0) is 9.53 Å². The van der Waals surface area contributed by atoms with Crippen LogP contribution < -0.4 is 0 Å². The molecular formula is C7H10O2S. The first kappa shape index (κ1) is 9.38. The Labute approximate surface area is 65.3 Å². The van der Waals surface area contributed by atoms with Crippen molar-refractivity contribution in [2.45, 2.75) is 6.42 Å². The van der Waals surface area contributed by atoms with Gasteiger partial charge in [-0.05, 0) is 0 Å². The van der Waals surface area contributed by atoms with E-state index in [1.54, 1.807) is 11.8 Å². The highest BCUT2D eigenvalue weighted by atomic mass is 32.2. The van der Waals surface area contributed by atoms with Gasteiger partial charge in [-0.15, -0.1) is 18.2 Å². The lowest BCUT2D eigenvalue weighted by Gasteiger charge is -1.95. The standard InChI is InChI=1S/C7H10O2S/c1-3-5-10-6-4-7(8)9-2/h1H,4-6H2,2H3. The Morgan fingerprint density at radius 1 is 1.80 bits per heavy atom. The van der Waals surface area contributed by atoms with E-state index in [0.717, 1.165) is 5.75 Å². The molecule has 0 aromatic heterocycles. The number of rotatable bonds is 4. The molecule has 10 heavy (non-hydrogen) atoms. The van der Waals surface area contributed by atoms with E-state index >= 15 is 0 Å². The minimum Gasteiger partial charge on any atom is -0.469 e. The lowest BCUT2D eigenvalue weighted by Crippen LogP contribution is -2.01. The summed E-state index contributed by atoms with van der Waals surface area (Å²) in [5.41, 5.74) is 0. The Morgan fingerprint density at radius 2 is 2.50 bits per heavy atom. The summed E-state index contributed by atoms with van der Waals surface area (Å²) in [5.74, 6) is 3.70. The summed E-state index contributed by atoms with van der Waals surface area (Å²) in [4.78, 5) is 10.5. The van der Waals surface area contributed by atoms with Gasteiger partial charge in [-0.3, -0.25) is 4.79 Å². The molecule has 0 fully saturated rings. The number of thioether (sulfide) groups is 1. The van der Waals surface area contributed by atoms with Gasteiger partial charge in [0.25, 0.3) is 0 Å². The van der Waals surface area contributed by atoms with Crippen LogP contribution in [0.25, 0.3) is 0 Å². The molecule has 0 bridgehead atoms. The van der Waals surface area contributed by atoms with Crippen LogP contribution in [0.3, 0.4) is 0 Å². The van der Waals surface area contributed by atoms with Crippen molar-refractivity contribution in [1.82, 2.24) is 0 Å². The van der Waals surface area contributed by atoms with E-state index in [2.05, 4.69) is 10.7 Å². The molecule has 0 aliphatic rings. The van der Waals surface area contributed by atoms with Gasteiger partial charge in [0.1, 0.15) is 0 Å². The molecule has 0 N–H and O–H groups in total. The van der Waals surface area contributed by atoms with Crippen molar-refractivity contribution in [2.75, 3.05) is 18.6 Å². The third kappa shape index (κ3) is 5.52. The lowest BCUT2D eigenvalue weighted by molar-refractivity contribution is -0.140. The summed E-state index contributed by atoms with van der Waals surface area (Å²) in [7, 11) is 1.38. The molecular weight excluding hydrogens is 148 g/mol. The predicted octanol–water partition coefficient (Wildman–Crippen LogP) is 0.916. The molecule has 0 radical (unpaired) electrons. The van der Waals surface area contributed by atoms with Crippen molar-refractivity contribution < 1.29 is 9.53 Å². The van der Waals surface area contributed by atoms with Crippen molar-refractivity contribution in [3.05, 3.63) is 0 Å². The van der Waals surface area contributed by atoms with Gasteiger partial charge >= 0.3 is 5.97 Å². The van der Waals surface area contributed by atoms with E-state index in [9.17, 15) is 4.79 Å². The van der Waals surface area contributed by atoms with E-state index in [-0.39, 0.29) is 5.97 Å². The molecule has 0 aromatic carbocycles. The average molecular weight is 158 g/mol. The van der Waals surface area contributed by atoms with Gasteiger partial charge in [0.15, 0.2) is 0 Å². The molecule has 0 amide bonds. The van der Waals surface area contributed by atoms with Crippen LogP contribution in [0.2, 0.25) is 0 Å². The first-order valence-corrected chi connectivity index (χ1v) is 4.04. The van der Waals surface area contributed by atoms with Crippen molar-refractivity contribution in [3.8, 4) is 12.3 Å². The van der Waals surface area contributed by atoms with Gasteiger partial charge in [-0.1, -0.05) is 5.92 Å². The van der Waals surface area contributed by atoms with Crippen LogP contribution in [0.4, 0.5) is 0 Å². The third-order valence-electron chi connectivity index (χ3n) is 0.864. The number of ether oxygens (including phenoxy) is 1. The topological polar surface area (TPSA) is 26.3 Å². The Hall–Kier alpha value is -0.620. The Balaban J connectivity index is 3.05. The third-order valence-corrected chi connectivity index (χ3v) is 1.73. The van der Waals surface area contributed by atoms with Crippen molar-refractivity contribution in [1.29, 1.82) is 0 Å². The SMILES string of the molecule is C#CCSCCC(=O)OC. The van der Waals surface area contributed by atoms with E-state index in [1.165, 1.54) is 7.11 Å². The summed E-state index contributed by atoms with van der Waals surface area (Å²) in [6, 6.07) is 0. The molecule has 56 valence electrons. The fraction of sp³-hybridized carbons (Fsp3) is 0.571. The molecule has 0 atom stereocenters. The van der Waals surface area contributed by atoms with Gasteiger partial charge in [0, 0.05) is 5.75 Å². The van der Waals surface area contributed by atoms with Gasteiger partial charge < -0.3 is 4.74 Å². The summed E-state index contributed by atoms with van der Waals surface area (Å²) in [6.07, 6.45) is 5.44. The first-order valence-electron chi connectivity index (χ1n) is 2.89. The second-order valence-electron chi connectivity index (χ2n) is 1.58. The summed E-state index contributed by atoms with van der Waals surface area (Å²) in [5, 5.41) is 0. The lowest BCUT2D eigenvalue weighted by atomic mass is 10.5. The molecule has 0 saturated carbocycles. The predicted molar refractivity (Wildman–Crippen MR) is 42.8 cm³/mol. The highest BCUT2D eigenvalue weighted by Crippen LogP contribution is 2.00. The van der Waals surface area contributed by atoms with Crippen molar-refractivity contribution in [2.24, 2.45) is 0 Å². The summed E-state index contributed by atoms with van der Waals surface area (Å²) in [6.45, 7) is 0. The van der Waals surface area contributed by atoms with Gasteiger partial charge in [0.2, 0.25) is 0 Å². The normalized spacial score (nSPS) is 8.40. The summed E-state index contributed by atoms with van der Waals surface area (Å²) >= 11 is 1.56. The van der Waals surface area contributed by atoms with Crippen LogP contribution >= 0.6 is 11.8 Å². The van der Waals surface area contributed by atoms with E-state index in [1.807, 2.05) is 0 Å². The maximum absolute atomic E-state index is 10.5. The Bertz CT molecular complexity index is 137. The number of hydrogen-bond donors (Lipinski definition) is 0. The maximum Gasteiger partial charge on any atom is 0.306 e. The second-order valence-corrected chi connectivity index (χ2v) is 2.69. The van der Waals surface area contributed by atoms with Gasteiger partial charge in [-0.2, -0.15) is 0 Å². The number of terminal acetylenes is 1. The molecule has 0 aromatic rings. The zero-order chi connectivity index (χ0) is 7.82. The van der Waals surface area contributed by atoms with Crippen molar-refractivity contribution in [3.63, 3.8) is 0 Å². The number of hydrogen-bond acceptors (Lipinski definition) is 3. The Morgan fingerprint density at radius 3 is 3.00 bits per heavy atom. The number of esters is 1. The van der Waals surface area contributed by atoms with Crippen LogP contribution in [0.15, 0.2) is 0 Å².